The van der Waals surface area contributed by atoms with Crippen molar-refractivity contribution in [1.29, 1.82) is 0 Å². The van der Waals surface area contributed by atoms with Gasteiger partial charge in [0.25, 0.3) is 0 Å². The highest BCUT2D eigenvalue weighted by molar-refractivity contribution is 5.81. The number of nitrogens with one attached hydrogen (secondary N) is 3. The third kappa shape index (κ3) is 5.49. The molecule has 3 N–H and O–H groups in total. The van der Waals surface area contributed by atoms with E-state index in [9.17, 15) is 4.79 Å². The highest BCUT2D eigenvalue weighted by atomic mass is 16.1. The molecule has 0 saturated heterocycles. The molecule has 2 rings (SSSR count). The summed E-state index contributed by atoms with van der Waals surface area (Å²) in [5, 5.41) is 9.64. The van der Waals surface area contributed by atoms with Gasteiger partial charge in [-0.15, -0.1) is 0 Å². The third-order valence-corrected chi connectivity index (χ3v) is 3.59. The number of guanidine groups is 1. The van der Waals surface area contributed by atoms with Gasteiger partial charge in [0.1, 0.15) is 0 Å². The van der Waals surface area contributed by atoms with Gasteiger partial charge in [0.2, 0.25) is 5.91 Å². The number of carbonyl (C=O) groups is 1. The van der Waals surface area contributed by atoms with Crippen molar-refractivity contribution in [3.05, 3.63) is 0 Å². The molecule has 2 aliphatic rings. The molecule has 0 aliphatic heterocycles. The van der Waals surface area contributed by atoms with E-state index in [0.29, 0.717) is 25.0 Å². The fourth-order valence-corrected chi connectivity index (χ4v) is 2.38. The van der Waals surface area contributed by atoms with E-state index in [-0.39, 0.29) is 5.91 Å². The summed E-state index contributed by atoms with van der Waals surface area (Å²) in [5.74, 6) is 0.983. The molecular formula is C14H26N4O. The topological polar surface area (TPSA) is 65.5 Å². The van der Waals surface area contributed by atoms with E-state index < -0.39 is 0 Å². The van der Waals surface area contributed by atoms with Gasteiger partial charge in [0.15, 0.2) is 5.96 Å². The molecule has 5 heteroatoms. The van der Waals surface area contributed by atoms with Crippen LogP contribution in [0.5, 0.6) is 0 Å². The molecule has 0 atom stereocenters. The van der Waals surface area contributed by atoms with Gasteiger partial charge in [-0.1, -0.05) is 12.8 Å². The highest BCUT2D eigenvalue weighted by Gasteiger charge is 2.22. The molecule has 2 fully saturated rings. The lowest BCUT2D eigenvalue weighted by molar-refractivity contribution is -0.121. The van der Waals surface area contributed by atoms with Crippen LogP contribution < -0.4 is 16.0 Å². The van der Waals surface area contributed by atoms with Crippen LogP contribution in [-0.4, -0.2) is 37.0 Å². The second-order valence-corrected chi connectivity index (χ2v) is 5.48. The summed E-state index contributed by atoms with van der Waals surface area (Å²) in [6, 6.07) is 0.999. The molecule has 0 aromatic heterocycles. The van der Waals surface area contributed by atoms with Crippen LogP contribution in [0.2, 0.25) is 0 Å². The molecule has 0 radical (unpaired) electrons. The van der Waals surface area contributed by atoms with E-state index in [2.05, 4.69) is 27.9 Å². The van der Waals surface area contributed by atoms with Gasteiger partial charge in [0.05, 0.1) is 6.54 Å². The van der Waals surface area contributed by atoms with E-state index in [1.54, 1.807) is 0 Å². The molecule has 0 spiro atoms. The van der Waals surface area contributed by atoms with Crippen molar-refractivity contribution < 1.29 is 4.79 Å². The van der Waals surface area contributed by atoms with Crippen molar-refractivity contribution in [3.63, 3.8) is 0 Å². The van der Waals surface area contributed by atoms with Crippen LogP contribution >= 0.6 is 0 Å². The molecule has 108 valence electrons. The van der Waals surface area contributed by atoms with E-state index in [1.807, 2.05) is 0 Å². The summed E-state index contributed by atoms with van der Waals surface area (Å²) >= 11 is 0. The molecular weight excluding hydrogens is 240 g/mol. The molecule has 0 heterocycles. The fourth-order valence-electron chi connectivity index (χ4n) is 2.38. The number of hydrogen-bond acceptors (Lipinski definition) is 2. The van der Waals surface area contributed by atoms with Gasteiger partial charge in [-0.3, -0.25) is 9.79 Å². The Hall–Kier alpha value is -1.26. The lowest BCUT2D eigenvalue weighted by Gasteiger charge is -2.12. The molecule has 0 aromatic carbocycles. The summed E-state index contributed by atoms with van der Waals surface area (Å²) in [5.41, 5.74) is 0. The largest absolute Gasteiger partial charge is 0.357 e. The summed E-state index contributed by atoms with van der Waals surface area (Å²) in [6.07, 6.45) is 7.72. The predicted molar refractivity (Wildman–Crippen MR) is 77.2 cm³/mol. The molecule has 2 saturated carbocycles. The number of carbonyl (C=O) groups excluding carboxylic acids is 1. The summed E-state index contributed by atoms with van der Waals surface area (Å²) in [7, 11) is 0. The van der Waals surface area contributed by atoms with E-state index in [0.717, 1.165) is 25.3 Å². The standard InChI is InChI=1S/C14H26N4O/c1-2-15-14(18-12-7-8-12)16-10-9-13(19)17-11-5-3-4-6-11/h11-12H,2-10H2,1H3,(H,17,19)(H2,15,16,18). The molecule has 19 heavy (non-hydrogen) atoms. The number of rotatable bonds is 6. The Morgan fingerprint density at radius 3 is 2.42 bits per heavy atom. The van der Waals surface area contributed by atoms with Gasteiger partial charge >= 0.3 is 0 Å². The zero-order valence-corrected chi connectivity index (χ0v) is 11.9. The molecule has 5 nitrogen and oxygen atoms in total. The van der Waals surface area contributed by atoms with Gasteiger partial charge in [-0.25, -0.2) is 0 Å². The second kappa shape index (κ2) is 7.36. The first kappa shape index (κ1) is 14.2. The zero-order valence-electron chi connectivity index (χ0n) is 11.9. The first-order valence-electron chi connectivity index (χ1n) is 7.62. The summed E-state index contributed by atoms with van der Waals surface area (Å²) < 4.78 is 0. The van der Waals surface area contributed by atoms with Crippen molar-refractivity contribution in [2.24, 2.45) is 4.99 Å². The van der Waals surface area contributed by atoms with E-state index in [1.165, 1.54) is 25.7 Å². The first-order chi connectivity index (χ1) is 9.28. The normalized spacial score (nSPS) is 20.4. The minimum absolute atomic E-state index is 0.137. The second-order valence-electron chi connectivity index (χ2n) is 5.48. The molecule has 1 amide bonds. The first-order valence-corrected chi connectivity index (χ1v) is 7.62. The Labute approximate surface area is 115 Å². The Kier molecular flexibility index (Phi) is 5.48. The van der Waals surface area contributed by atoms with Crippen LogP contribution in [0.25, 0.3) is 0 Å². The number of nitrogens with zero attached hydrogens (tertiary/aromatic N) is 1. The van der Waals surface area contributed by atoms with E-state index in [4.69, 9.17) is 0 Å². The number of aliphatic imine (C=N–C) groups is 1. The SMILES string of the molecule is CCNC(=NCCC(=O)NC1CCCC1)NC1CC1. The quantitative estimate of drug-likeness (QED) is 0.499. The van der Waals surface area contributed by atoms with Crippen LogP contribution in [0.3, 0.4) is 0 Å². The third-order valence-electron chi connectivity index (χ3n) is 3.59. The Morgan fingerprint density at radius 2 is 1.79 bits per heavy atom. The molecule has 2 aliphatic carbocycles. The molecule has 0 aromatic rings. The summed E-state index contributed by atoms with van der Waals surface area (Å²) in [4.78, 5) is 16.2. The van der Waals surface area contributed by atoms with Crippen molar-refractivity contribution in [3.8, 4) is 0 Å². The maximum atomic E-state index is 11.8. The smallest absolute Gasteiger partial charge is 0.222 e. The van der Waals surface area contributed by atoms with Crippen LogP contribution in [0.4, 0.5) is 0 Å². The lowest BCUT2D eigenvalue weighted by atomic mass is 10.2. The zero-order chi connectivity index (χ0) is 13.5. The van der Waals surface area contributed by atoms with Crippen LogP contribution in [-0.2, 0) is 4.79 Å². The van der Waals surface area contributed by atoms with Crippen molar-refractivity contribution in [1.82, 2.24) is 16.0 Å². The highest BCUT2D eigenvalue weighted by Crippen LogP contribution is 2.18. The Balaban J connectivity index is 1.65. The van der Waals surface area contributed by atoms with Crippen molar-refractivity contribution in [2.45, 2.75) is 64.0 Å². The fraction of sp³-hybridized carbons (Fsp3) is 0.857. The Morgan fingerprint density at radius 1 is 1.11 bits per heavy atom. The monoisotopic (exact) mass is 266 g/mol. The molecule has 0 unspecified atom stereocenters. The van der Waals surface area contributed by atoms with Crippen LogP contribution in [0.1, 0.15) is 51.9 Å². The Bertz CT molecular complexity index is 319. The number of hydrogen-bond donors (Lipinski definition) is 3. The van der Waals surface area contributed by atoms with Gasteiger partial charge in [0, 0.05) is 25.0 Å². The minimum atomic E-state index is 0.137. The predicted octanol–water partition coefficient (Wildman–Crippen LogP) is 1.15. The van der Waals surface area contributed by atoms with E-state index >= 15 is 0 Å². The average Bonchev–Trinajstić information content (AvgIpc) is 3.04. The maximum absolute atomic E-state index is 11.8. The van der Waals surface area contributed by atoms with Gasteiger partial charge < -0.3 is 16.0 Å². The van der Waals surface area contributed by atoms with Crippen molar-refractivity contribution in [2.75, 3.05) is 13.1 Å². The minimum Gasteiger partial charge on any atom is -0.357 e. The van der Waals surface area contributed by atoms with Crippen molar-refractivity contribution >= 4 is 11.9 Å². The van der Waals surface area contributed by atoms with Gasteiger partial charge in [-0.05, 0) is 32.6 Å². The summed E-state index contributed by atoms with van der Waals surface area (Å²) in [6.45, 7) is 3.46. The lowest BCUT2D eigenvalue weighted by Crippen LogP contribution is -2.39. The maximum Gasteiger partial charge on any atom is 0.222 e. The molecule has 0 bridgehead atoms. The van der Waals surface area contributed by atoms with Crippen LogP contribution in [0.15, 0.2) is 4.99 Å². The average molecular weight is 266 g/mol. The van der Waals surface area contributed by atoms with Crippen LogP contribution in [0, 0.1) is 0 Å². The number of amides is 1. The van der Waals surface area contributed by atoms with Gasteiger partial charge in [-0.2, -0.15) is 0 Å².